The lowest BCUT2D eigenvalue weighted by molar-refractivity contribution is -0.122. The monoisotopic (exact) mass is 550 g/mol. The predicted molar refractivity (Wildman–Crippen MR) is 129 cm³/mol. The maximum Gasteiger partial charge on any atom is 0.252 e. The van der Waals surface area contributed by atoms with Crippen LogP contribution in [0.1, 0.15) is 12.0 Å². The predicted octanol–water partition coefficient (Wildman–Crippen LogP) is 4.38. The van der Waals surface area contributed by atoms with Crippen LogP contribution in [0.2, 0.25) is 10.0 Å². The van der Waals surface area contributed by atoms with Crippen LogP contribution >= 0.6 is 23.2 Å². The number of fused-ring (bicyclic) bond motifs is 1. The number of halogens is 3. The number of nitrogens with zero attached hydrogens (tertiary/aromatic N) is 2. The first kappa shape index (κ1) is 24.5. The average Bonchev–Trinajstić information content (AvgIpc) is 3.43. The van der Waals surface area contributed by atoms with E-state index in [-0.39, 0.29) is 34.0 Å². The van der Waals surface area contributed by atoms with Crippen molar-refractivity contribution in [3.05, 3.63) is 82.1 Å². The van der Waals surface area contributed by atoms with Crippen LogP contribution in [0.3, 0.4) is 0 Å². The third-order valence-electron chi connectivity index (χ3n) is 5.81. The summed E-state index contributed by atoms with van der Waals surface area (Å²) >= 11 is 12.3. The fraction of sp³-hybridized carbons (Fsp3) is 0.167. The molecular weight excluding hydrogens is 534 g/mol. The molecule has 0 bridgehead atoms. The summed E-state index contributed by atoms with van der Waals surface area (Å²) < 4.78 is 52.8. The lowest BCUT2D eigenvalue weighted by Gasteiger charge is -2.27. The maximum absolute atomic E-state index is 13.9. The Morgan fingerprint density at radius 2 is 1.69 bits per heavy atom. The van der Waals surface area contributed by atoms with Gasteiger partial charge in [-0.05, 0) is 60.2 Å². The van der Waals surface area contributed by atoms with Crippen LogP contribution in [0.15, 0.2) is 65.6 Å². The second-order valence-corrected chi connectivity index (χ2v) is 10.8. The second kappa shape index (κ2) is 9.36. The quantitative estimate of drug-likeness (QED) is 0.423. The summed E-state index contributed by atoms with van der Waals surface area (Å²) in [6, 6.07) is 12.2. The third kappa shape index (κ3) is 4.41. The van der Waals surface area contributed by atoms with E-state index in [0.29, 0.717) is 17.1 Å². The molecule has 0 radical (unpaired) electrons. The summed E-state index contributed by atoms with van der Waals surface area (Å²) in [6.45, 7) is -0.246. The zero-order valence-corrected chi connectivity index (χ0v) is 20.7. The molecule has 2 aliphatic rings. The summed E-state index contributed by atoms with van der Waals surface area (Å²) in [7, 11) is -4.43. The average molecular weight is 551 g/mol. The fourth-order valence-electron chi connectivity index (χ4n) is 4.09. The van der Waals surface area contributed by atoms with Gasteiger partial charge in [-0.25, -0.2) is 17.7 Å². The van der Waals surface area contributed by atoms with E-state index in [1.807, 2.05) is 0 Å². The summed E-state index contributed by atoms with van der Waals surface area (Å²) in [6.07, 6.45) is -0.418. The van der Waals surface area contributed by atoms with Crippen LogP contribution in [0.25, 0.3) is 0 Å². The maximum atomic E-state index is 13.9. The minimum atomic E-state index is -4.43. The van der Waals surface area contributed by atoms with E-state index in [1.54, 1.807) is 18.2 Å². The number of carbonyl (C=O) groups excluding carboxylic acids is 2. The van der Waals surface area contributed by atoms with Crippen molar-refractivity contribution >= 4 is 50.7 Å². The molecule has 1 saturated heterocycles. The van der Waals surface area contributed by atoms with E-state index in [9.17, 15) is 22.4 Å². The van der Waals surface area contributed by atoms with Gasteiger partial charge in [-0.2, -0.15) is 4.31 Å². The number of ether oxygens (including phenoxy) is 2. The fourth-order valence-corrected chi connectivity index (χ4v) is 6.39. The van der Waals surface area contributed by atoms with E-state index in [0.717, 1.165) is 21.3 Å². The first-order valence-corrected chi connectivity index (χ1v) is 12.8. The Hall–Kier alpha value is -3.18. The van der Waals surface area contributed by atoms with Crippen molar-refractivity contribution in [3.63, 3.8) is 0 Å². The number of rotatable bonds is 6. The number of anilines is 1. The molecule has 1 atom stereocenters. The van der Waals surface area contributed by atoms with E-state index in [4.69, 9.17) is 32.7 Å². The minimum absolute atomic E-state index is 0.0289. The molecule has 0 saturated carbocycles. The molecule has 2 aliphatic heterocycles. The standard InChI is InChI=1S/C24H17Cl2FN2O6S/c25-15-2-7-18(26)22(10-15)36(32,33)28(12-14-1-8-20-21(9-14)35-13-34-20)19-11-23(30)29(24(19)31)17-5-3-16(27)4-6-17/h1-10,19H,11-13H2. The highest BCUT2D eigenvalue weighted by molar-refractivity contribution is 7.89. The lowest BCUT2D eigenvalue weighted by atomic mass is 10.1. The van der Waals surface area contributed by atoms with Crippen molar-refractivity contribution in [1.82, 2.24) is 4.31 Å². The van der Waals surface area contributed by atoms with E-state index < -0.39 is 40.1 Å². The number of imide groups is 1. The van der Waals surface area contributed by atoms with Crippen molar-refractivity contribution in [2.24, 2.45) is 0 Å². The highest BCUT2D eigenvalue weighted by atomic mass is 35.5. The molecule has 36 heavy (non-hydrogen) atoms. The van der Waals surface area contributed by atoms with Crippen molar-refractivity contribution in [1.29, 1.82) is 0 Å². The molecule has 3 aromatic carbocycles. The second-order valence-electron chi connectivity index (χ2n) is 8.08. The third-order valence-corrected chi connectivity index (χ3v) is 8.38. The molecule has 2 amide bonds. The van der Waals surface area contributed by atoms with Gasteiger partial charge in [0, 0.05) is 11.6 Å². The van der Waals surface area contributed by atoms with Crippen LogP contribution in [-0.4, -0.2) is 37.4 Å². The van der Waals surface area contributed by atoms with Gasteiger partial charge in [0.2, 0.25) is 22.7 Å². The summed E-state index contributed by atoms with van der Waals surface area (Å²) in [5, 5.41) is 0.0324. The lowest BCUT2D eigenvalue weighted by Crippen LogP contribution is -2.45. The number of amides is 2. The topological polar surface area (TPSA) is 93.2 Å². The molecule has 5 rings (SSSR count). The number of hydrogen-bond donors (Lipinski definition) is 0. The molecule has 0 aromatic heterocycles. The van der Waals surface area contributed by atoms with Crippen molar-refractivity contribution in [2.45, 2.75) is 23.9 Å². The summed E-state index contributed by atoms with van der Waals surface area (Å²) in [5.41, 5.74) is 0.622. The number of hydrogen-bond acceptors (Lipinski definition) is 6. The van der Waals surface area contributed by atoms with Gasteiger partial charge in [0.25, 0.3) is 5.91 Å². The van der Waals surface area contributed by atoms with Crippen LogP contribution in [0, 0.1) is 5.82 Å². The number of sulfonamides is 1. The molecule has 0 spiro atoms. The molecule has 2 heterocycles. The Balaban J connectivity index is 1.57. The molecule has 12 heteroatoms. The zero-order chi connectivity index (χ0) is 25.6. The van der Waals surface area contributed by atoms with Crippen molar-refractivity contribution in [2.75, 3.05) is 11.7 Å². The normalized spacial score (nSPS) is 17.3. The van der Waals surface area contributed by atoms with Gasteiger partial charge < -0.3 is 9.47 Å². The largest absolute Gasteiger partial charge is 0.454 e. The van der Waals surface area contributed by atoms with Gasteiger partial charge in [-0.1, -0.05) is 29.3 Å². The van der Waals surface area contributed by atoms with Crippen molar-refractivity contribution < 1.29 is 31.9 Å². The Morgan fingerprint density at radius 1 is 0.972 bits per heavy atom. The highest BCUT2D eigenvalue weighted by Crippen LogP contribution is 2.36. The van der Waals surface area contributed by atoms with E-state index in [2.05, 4.69) is 0 Å². The molecular formula is C24H17Cl2FN2O6S. The molecule has 0 N–H and O–H groups in total. The SMILES string of the molecule is O=C1CC(N(Cc2ccc3c(c2)OCO3)S(=O)(=O)c2cc(Cl)ccc2Cl)C(=O)N1c1ccc(F)cc1. The van der Waals surface area contributed by atoms with E-state index >= 15 is 0 Å². The van der Waals surface area contributed by atoms with Crippen LogP contribution in [-0.2, 0) is 26.2 Å². The summed E-state index contributed by atoms with van der Waals surface area (Å²) in [4.78, 5) is 26.9. The summed E-state index contributed by atoms with van der Waals surface area (Å²) in [5.74, 6) is -1.01. The Labute approximate surface area is 215 Å². The molecule has 1 fully saturated rings. The molecule has 0 aliphatic carbocycles. The highest BCUT2D eigenvalue weighted by Gasteiger charge is 2.47. The molecule has 1 unspecified atom stereocenters. The van der Waals surface area contributed by atoms with Crippen LogP contribution in [0.5, 0.6) is 11.5 Å². The number of benzene rings is 3. The molecule has 3 aromatic rings. The van der Waals surface area contributed by atoms with Gasteiger partial charge >= 0.3 is 0 Å². The Bertz CT molecular complexity index is 1480. The van der Waals surface area contributed by atoms with Gasteiger partial charge in [0.15, 0.2) is 11.5 Å². The van der Waals surface area contributed by atoms with Gasteiger partial charge in [0.05, 0.1) is 17.1 Å². The van der Waals surface area contributed by atoms with Crippen LogP contribution in [0.4, 0.5) is 10.1 Å². The Kier molecular flexibility index (Phi) is 6.37. The first-order chi connectivity index (χ1) is 17.1. The number of carbonyl (C=O) groups is 2. The first-order valence-electron chi connectivity index (χ1n) is 10.6. The van der Waals surface area contributed by atoms with E-state index in [1.165, 1.54) is 30.3 Å². The molecule has 186 valence electrons. The Morgan fingerprint density at radius 3 is 2.44 bits per heavy atom. The smallest absolute Gasteiger partial charge is 0.252 e. The molecule has 8 nitrogen and oxygen atoms in total. The van der Waals surface area contributed by atoms with Crippen molar-refractivity contribution in [3.8, 4) is 11.5 Å². The van der Waals surface area contributed by atoms with Gasteiger partial charge in [-0.15, -0.1) is 0 Å². The van der Waals surface area contributed by atoms with Gasteiger partial charge in [0.1, 0.15) is 16.8 Å². The van der Waals surface area contributed by atoms with Crippen LogP contribution < -0.4 is 14.4 Å². The zero-order valence-electron chi connectivity index (χ0n) is 18.4. The minimum Gasteiger partial charge on any atom is -0.454 e. The van der Waals surface area contributed by atoms with Gasteiger partial charge in [-0.3, -0.25) is 9.59 Å².